The minimum Gasteiger partial charge on any atom is -0.478 e. The average molecular weight is 305 g/mol. The van der Waals surface area contributed by atoms with E-state index in [9.17, 15) is 9.90 Å². The van der Waals surface area contributed by atoms with E-state index in [1.165, 1.54) is 11.5 Å². The number of hydrogen-bond donors (Lipinski definition) is 1. The molecular formula is C15H19N3O2S. The first-order valence-corrected chi connectivity index (χ1v) is 8.31. The molecule has 1 aromatic heterocycles. The lowest BCUT2D eigenvalue weighted by molar-refractivity contribution is 0.0699. The molecule has 1 fully saturated rings. The maximum Gasteiger partial charge on any atom is 0.337 e. The molecule has 0 aliphatic carbocycles. The zero-order chi connectivity index (χ0) is 14.8. The molecule has 21 heavy (non-hydrogen) atoms. The van der Waals surface area contributed by atoms with Crippen molar-refractivity contribution in [1.82, 2.24) is 14.5 Å². The summed E-state index contributed by atoms with van der Waals surface area (Å²) in [7, 11) is 0. The van der Waals surface area contributed by atoms with Crippen molar-refractivity contribution in [3.63, 3.8) is 0 Å². The van der Waals surface area contributed by atoms with Gasteiger partial charge >= 0.3 is 5.97 Å². The maximum atomic E-state index is 11.3. The SMILES string of the molecule is Cc1nc2c(C(=O)O)cccc2n1CCN1CCSCC1. The zero-order valence-electron chi connectivity index (χ0n) is 12.1. The van der Waals surface area contributed by atoms with Gasteiger partial charge in [-0.3, -0.25) is 4.90 Å². The van der Waals surface area contributed by atoms with Crippen LogP contribution in [0.1, 0.15) is 16.2 Å². The van der Waals surface area contributed by atoms with Crippen molar-refractivity contribution in [3.05, 3.63) is 29.6 Å². The molecule has 0 atom stereocenters. The third kappa shape index (κ3) is 2.91. The highest BCUT2D eigenvalue weighted by Gasteiger charge is 2.16. The van der Waals surface area contributed by atoms with E-state index in [0.717, 1.165) is 37.5 Å². The number of carbonyl (C=O) groups is 1. The van der Waals surface area contributed by atoms with Crippen LogP contribution in [0.2, 0.25) is 0 Å². The molecule has 1 N–H and O–H groups in total. The Bertz CT molecular complexity index is 662. The Hall–Kier alpha value is -1.53. The van der Waals surface area contributed by atoms with Gasteiger partial charge in [-0.15, -0.1) is 0 Å². The van der Waals surface area contributed by atoms with Crippen LogP contribution >= 0.6 is 11.8 Å². The van der Waals surface area contributed by atoms with E-state index in [1.807, 2.05) is 24.8 Å². The molecule has 0 unspecified atom stereocenters. The van der Waals surface area contributed by atoms with Crippen LogP contribution in [-0.2, 0) is 6.54 Å². The molecule has 0 bridgehead atoms. The predicted molar refractivity (Wildman–Crippen MR) is 85.2 cm³/mol. The second kappa shape index (κ2) is 6.07. The Labute approximate surface area is 128 Å². The monoisotopic (exact) mass is 305 g/mol. The summed E-state index contributed by atoms with van der Waals surface area (Å²) in [6.07, 6.45) is 0. The van der Waals surface area contributed by atoms with Crippen molar-refractivity contribution in [2.75, 3.05) is 31.1 Å². The molecule has 3 rings (SSSR count). The molecule has 0 amide bonds. The Balaban J connectivity index is 1.86. The van der Waals surface area contributed by atoms with E-state index in [2.05, 4.69) is 14.5 Å². The fourth-order valence-electron chi connectivity index (χ4n) is 2.78. The summed E-state index contributed by atoms with van der Waals surface area (Å²) in [5, 5.41) is 9.26. The molecule has 1 saturated heterocycles. The largest absolute Gasteiger partial charge is 0.478 e. The molecule has 5 nitrogen and oxygen atoms in total. The second-order valence-corrected chi connectivity index (χ2v) is 6.47. The topological polar surface area (TPSA) is 58.4 Å². The van der Waals surface area contributed by atoms with Crippen LogP contribution in [0.3, 0.4) is 0 Å². The Kier molecular flexibility index (Phi) is 4.17. The fraction of sp³-hybridized carbons (Fsp3) is 0.467. The van der Waals surface area contributed by atoms with E-state index in [4.69, 9.17) is 0 Å². The standard InChI is InChI=1S/C15H19N3O2S/c1-11-16-14-12(15(19)20)3-2-4-13(14)18(11)6-5-17-7-9-21-10-8-17/h2-4H,5-10H2,1H3,(H,19,20). The fourth-order valence-corrected chi connectivity index (χ4v) is 3.76. The van der Waals surface area contributed by atoms with Gasteiger partial charge in [-0.05, 0) is 19.1 Å². The van der Waals surface area contributed by atoms with Crippen LogP contribution in [-0.4, -0.2) is 56.7 Å². The van der Waals surface area contributed by atoms with Crippen molar-refractivity contribution < 1.29 is 9.90 Å². The van der Waals surface area contributed by atoms with Crippen molar-refractivity contribution in [3.8, 4) is 0 Å². The lowest BCUT2D eigenvalue weighted by atomic mass is 10.2. The summed E-state index contributed by atoms with van der Waals surface area (Å²) in [5.41, 5.74) is 1.79. The van der Waals surface area contributed by atoms with E-state index < -0.39 is 5.97 Å². The van der Waals surface area contributed by atoms with E-state index in [-0.39, 0.29) is 5.56 Å². The Morgan fingerprint density at radius 3 is 2.81 bits per heavy atom. The van der Waals surface area contributed by atoms with Gasteiger partial charge in [-0.25, -0.2) is 9.78 Å². The first kappa shape index (κ1) is 14.4. The molecule has 6 heteroatoms. The van der Waals surface area contributed by atoms with Gasteiger partial charge in [-0.2, -0.15) is 11.8 Å². The first-order chi connectivity index (χ1) is 10.2. The molecule has 2 aromatic rings. The summed E-state index contributed by atoms with van der Waals surface area (Å²) in [5.74, 6) is 2.36. The number of carboxylic acid groups (broad SMARTS) is 1. The highest BCUT2D eigenvalue weighted by Crippen LogP contribution is 2.20. The van der Waals surface area contributed by atoms with Crippen LogP contribution in [0.25, 0.3) is 11.0 Å². The summed E-state index contributed by atoms with van der Waals surface area (Å²) >= 11 is 2.01. The summed E-state index contributed by atoms with van der Waals surface area (Å²) in [6, 6.07) is 5.36. The molecular weight excluding hydrogens is 286 g/mol. The lowest BCUT2D eigenvalue weighted by Gasteiger charge is -2.26. The number of fused-ring (bicyclic) bond motifs is 1. The van der Waals surface area contributed by atoms with Gasteiger partial charge in [0.1, 0.15) is 11.3 Å². The highest BCUT2D eigenvalue weighted by atomic mass is 32.2. The smallest absolute Gasteiger partial charge is 0.337 e. The van der Waals surface area contributed by atoms with Crippen LogP contribution in [0.15, 0.2) is 18.2 Å². The number of nitrogens with zero attached hydrogens (tertiary/aromatic N) is 3. The lowest BCUT2D eigenvalue weighted by Crippen LogP contribution is -2.35. The summed E-state index contributed by atoms with van der Waals surface area (Å²) in [6.45, 7) is 6.06. The van der Waals surface area contributed by atoms with Crippen LogP contribution < -0.4 is 0 Å². The van der Waals surface area contributed by atoms with Crippen LogP contribution in [0, 0.1) is 6.92 Å². The number of rotatable bonds is 4. The third-order valence-corrected chi connectivity index (χ3v) is 4.89. The normalized spacial score (nSPS) is 16.4. The van der Waals surface area contributed by atoms with Crippen molar-refractivity contribution >= 4 is 28.8 Å². The maximum absolute atomic E-state index is 11.3. The number of aromatic carboxylic acids is 1. The molecule has 1 aliphatic heterocycles. The summed E-state index contributed by atoms with van der Waals surface area (Å²) < 4.78 is 2.13. The molecule has 0 saturated carbocycles. The van der Waals surface area contributed by atoms with Crippen LogP contribution in [0.4, 0.5) is 0 Å². The highest BCUT2D eigenvalue weighted by molar-refractivity contribution is 7.99. The number of para-hydroxylation sites is 1. The molecule has 2 heterocycles. The minimum atomic E-state index is -0.918. The molecule has 1 aliphatic rings. The van der Waals surface area contributed by atoms with E-state index >= 15 is 0 Å². The second-order valence-electron chi connectivity index (χ2n) is 5.24. The van der Waals surface area contributed by atoms with Gasteiger partial charge in [0, 0.05) is 37.7 Å². The van der Waals surface area contributed by atoms with Crippen molar-refractivity contribution in [1.29, 1.82) is 0 Å². The Morgan fingerprint density at radius 2 is 2.10 bits per heavy atom. The van der Waals surface area contributed by atoms with Crippen LogP contribution in [0.5, 0.6) is 0 Å². The van der Waals surface area contributed by atoms with Crippen molar-refractivity contribution in [2.45, 2.75) is 13.5 Å². The number of aryl methyl sites for hydroxylation is 1. The van der Waals surface area contributed by atoms with Crippen molar-refractivity contribution in [2.24, 2.45) is 0 Å². The molecule has 0 spiro atoms. The van der Waals surface area contributed by atoms with Gasteiger partial charge in [0.05, 0.1) is 11.1 Å². The van der Waals surface area contributed by atoms with E-state index in [0.29, 0.717) is 5.52 Å². The quantitative estimate of drug-likeness (QED) is 0.937. The minimum absolute atomic E-state index is 0.281. The number of thioether (sulfide) groups is 1. The molecule has 0 radical (unpaired) electrons. The zero-order valence-corrected chi connectivity index (χ0v) is 12.9. The third-order valence-electron chi connectivity index (χ3n) is 3.94. The molecule has 1 aromatic carbocycles. The number of aromatic nitrogens is 2. The predicted octanol–water partition coefficient (Wildman–Crippen LogP) is 2.09. The molecule has 112 valence electrons. The average Bonchev–Trinajstić information content (AvgIpc) is 2.81. The van der Waals surface area contributed by atoms with Gasteiger partial charge in [0.2, 0.25) is 0 Å². The first-order valence-electron chi connectivity index (χ1n) is 7.16. The number of imidazole rings is 1. The van der Waals surface area contributed by atoms with Gasteiger partial charge in [0.15, 0.2) is 0 Å². The summed E-state index contributed by atoms with van der Waals surface area (Å²) in [4.78, 5) is 18.2. The van der Waals surface area contributed by atoms with E-state index in [1.54, 1.807) is 12.1 Å². The Morgan fingerprint density at radius 1 is 1.33 bits per heavy atom. The number of benzene rings is 1. The van der Waals surface area contributed by atoms with Gasteiger partial charge < -0.3 is 9.67 Å². The number of carboxylic acids is 1. The van der Waals surface area contributed by atoms with Gasteiger partial charge in [0.25, 0.3) is 0 Å². The number of hydrogen-bond acceptors (Lipinski definition) is 4. The van der Waals surface area contributed by atoms with Gasteiger partial charge in [-0.1, -0.05) is 6.07 Å².